The topological polar surface area (TPSA) is 127 Å². The number of carbonyl (C=O) groups excluding carboxylic acids is 1. The lowest BCUT2D eigenvalue weighted by atomic mass is 10.0. The Morgan fingerprint density at radius 3 is 2.17 bits per heavy atom. The van der Waals surface area contributed by atoms with Gasteiger partial charge in [0, 0.05) is 5.39 Å². The molecule has 8 nitrogen and oxygen atoms in total. The van der Waals surface area contributed by atoms with Crippen LogP contribution in [0.5, 0.6) is 0 Å². The summed E-state index contributed by atoms with van der Waals surface area (Å²) in [6, 6.07) is 23.1. The highest BCUT2D eigenvalue weighted by Crippen LogP contribution is 2.23. The monoisotopic (exact) mass is 489 g/mol. The number of nitrogens with two attached hydrogens (primary N) is 1. The number of para-hydroxylation sites is 1. The zero-order valence-corrected chi connectivity index (χ0v) is 20.3. The van der Waals surface area contributed by atoms with Gasteiger partial charge in [-0.3, -0.25) is 4.79 Å². The van der Waals surface area contributed by atoms with Crippen molar-refractivity contribution < 1.29 is 13.2 Å². The maximum absolute atomic E-state index is 12.9. The summed E-state index contributed by atoms with van der Waals surface area (Å²) in [5, 5.41) is 3.82. The lowest BCUT2D eigenvalue weighted by Gasteiger charge is -2.21. The first kappa shape index (κ1) is 24.3. The lowest BCUT2D eigenvalue weighted by molar-refractivity contribution is -0.119. The van der Waals surface area contributed by atoms with Gasteiger partial charge in [-0.05, 0) is 41.3 Å². The van der Waals surface area contributed by atoms with Crippen molar-refractivity contribution in [2.24, 2.45) is 11.7 Å². The molecule has 1 aromatic heterocycles. The summed E-state index contributed by atoms with van der Waals surface area (Å²) in [6.45, 7) is 3.64. The van der Waals surface area contributed by atoms with Gasteiger partial charge in [-0.2, -0.15) is 0 Å². The van der Waals surface area contributed by atoms with Crippen molar-refractivity contribution in [3.8, 4) is 11.1 Å². The molecule has 0 fully saturated rings. The van der Waals surface area contributed by atoms with E-state index in [1.54, 1.807) is 30.3 Å². The number of aromatic nitrogens is 2. The average molecular weight is 490 g/mol. The van der Waals surface area contributed by atoms with Crippen molar-refractivity contribution in [2.45, 2.75) is 31.3 Å². The highest BCUT2D eigenvalue weighted by Gasteiger charge is 2.22. The van der Waals surface area contributed by atoms with Gasteiger partial charge in [-0.1, -0.05) is 68.4 Å². The number of sulfonamides is 1. The maximum Gasteiger partial charge on any atom is 0.240 e. The van der Waals surface area contributed by atoms with E-state index in [9.17, 15) is 13.2 Å². The first-order valence-corrected chi connectivity index (χ1v) is 12.7. The standard InChI is InChI=1S/C26H27N5O3S/c1-17(2)24(25(27)32)31-26-21-10-6-7-11-22(21)29-23(30-26)16-28-35(33,34)20-14-12-19(13-15-20)18-8-4-3-5-9-18/h3-15,17,24,28H,16H2,1-2H3,(H2,27,32)(H,29,30,31)/t24-/m0/s1. The molecule has 0 saturated heterocycles. The molecule has 4 rings (SSSR count). The zero-order chi connectivity index (χ0) is 25.0. The third kappa shape index (κ3) is 5.64. The highest BCUT2D eigenvalue weighted by atomic mass is 32.2. The van der Waals surface area contributed by atoms with E-state index in [1.807, 2.05) is 62.4 Å². The molecular weight excluding hydrogens is 462 g/mol. The smallest absolute Gasteiger partial charge is 0.240 e. The van der Waals surface area contributed by atoms with Gasteiger partial charge in [0.05, 0.1) is 17.0 Å². The number of fused-ring (bicyclic) bond motifs is 1. The molecule has 180 valence electrons. The van der Waals surface area contributed by atoms with Gasteiger partial charge in [-0.15, -0.1) is 0 Å². The van der Waals surface area contributed by atoms with Crippen LogP contribution in [-0.2, 0) is 21.4 Å². The number of amides is 1. The van der Waals surface area contributed by atoms with Gasteiger partial charge in [0.1, 0.15) is 17.7 Å². The van der Waals surface area contributed by atoms with Gasteiger partial charge in [0.15, 0.2) is 0 Å². The summed E-state index contributed by atoms with van der Waals surface area (Å²) in [6.07, 6.45) is 0. The number of hydrogen-bond acceptors (Lipinski definition) is 6. The number of anilines is 1. The predicted molar refractivity (Wildman–Crippen MR) is 137 cm³/mol. The Bertz CT molecular complexity index is 1440. The number of rotatable bonds is 9. The van der Waals surface area contributed by atoms with Crippen molar-refractivity contribution >= 4 is 32.7 Å². The van der Waals surface area contributed by atoms with Crippen LogP contribution >= 0.6 is 0 Å². The van der Waals surface area contributed by atoms with Crippen LogP contribution in [-0.4, -0.2) is 30.3 Å². The predicted octanol–water partition coefficient (Wildman–Crippen LogP) is 3.70. The van der Waals surface area contributed by atoms with E-state index < -0.39 is 22.0 Å². The van der Waals surface area contributed by atoms with Crippen LogP contribution in [0, 0.1) is 5.92 Å². The molecule has 35 heavy (non-hydrogen) atoms. The summed E-state index contributed by atoms with van der Waals surface area (Å²) in [7, 11) is -3.80. The molecule has 4 N–H and O–H groups in total. The van der Waals surface area contributed by atoms with Crippen LogP contribution in [0.15, 0.2) is 83.8 Å². The van der Waals surface area contributed by atoms with Gasteiger partial charge in [0.2, 0.25) is 15.9 Å². The third-order valence-corrected chi connectivity index (χ3v) is 7.02. The van der Waals surface area contributed by atoms with Gasteiger partial charge in [-0.25, -0.2) is 23.1 Å². The van der Waals surface area contributed by atoms with E-state index in [0.29, 0.717) is 16.7 Å². The molecule has 1 amide bonds. The highest BCUT2D eigenvalue weighted by molar-refractivity contribution is 7.89. The van der Waals surface area contributed by atoms with E-state index in [-0.39, 0.29) is 23.2 Å². The molecule has 0 spiro atoms. The first-order chi connectivity index (χ1) is 16.7. The Labute approximate surface area is 204 Å². The van der Waals surface area contributed by atoms with Gasteiger partial charge in [0.25, 0.3) is 0 Å². The summed E-state index contributed by atoms with van der Waals surface area (Å²) < 4.78 is 28.4. The second kappa shape index (κ2) is 10.2. The fourth-order valence-corrected chi connectivity index (χ4v) is 4.71. The van der Waals surface area contributed by atoms with E-state index in [2.05, 4.69) is 20.0 Å². The lowest BCUT2D eigenvalue weighted by Crippen LogP contribution is -2.40. The van der Waals surface area contributed by atoms with E-state index in [0.717, 1.165) is 11.1 Å². The quantitative estimate of drug-likeness (QED) is 0.329. The van der Waals surface area contributed by atoms with Gasteiger partial charge < -0.3 is 11.1 Å². The minimum absolute atomic E-state index is 0.0676. The summed E-state index contributed by atoms with van der Waals surface area (Å²) >= 11 is 0. The second-order valence-electron chi connectivity index (χ2n) is 8.49. The number of carbonyl (C=O) groups is 1. The SMILES string of the molecule is CC(C)[C@H](Nc1nc(CNS(=O)(=O)c2ccc(-c3ccccc3)cc2)nc2ccccc12)C(N)=O. The molecule has 3 aromatic carbocycles. The molecule has 0 bridgehead atoms. The second-order valence-corrected chi connectivity index (χ2v) is 10.3. The molecule has 1 atom stereocenters. The normalized spacial score (nSPS) is 12.5. The first-order valence-electron chi connectivity index (χ1n) is 11.2. The molecule has 4 aromatic rings. The fourth-order valence-electron chi connectivity index (χ4n) is 3.73. The molecule has 9 heteroatoms. The maximum atomic E-state index is 12.9. The number of hydrogen-bond donors (Lipinski definition) is 3. The van der Waals surface area contributed by atoms with Crippen LogP contribution in [0.3, 0.4) is 0 Å². The van der Waals surface area contributed by atoms with Crippen LogP contribution in [0.4, 0.5) is 5.82 Å². The summed E-state index contributed by atoms with van der Waals surface area (Å²) in [5.41, 5.74) is 8.11. The molecule has 0 aliphatic carbocycles. The van der Waals surface area contributed by atoms with Gasteiger partial charge >= 0.3 is 0 Å². The number of primary amides is 1. The Hall–Kier alpha value is -3.82. The number of nitrogens with zero attached hydrogens (tertiary/aromatic N) is 2. The zero-order valence-electron chi connectivity index (χ0n) is 19.5. The van der Waals surface area contributed by atoms with Crippen molar-refractivity contribution in [1.82, 2.24) is 14.7 Å². The minimum atomic E-state index is -3.80. The molecule has 0 aliphatic rings. The van der Waals surface area contributed by atoms with E-state index in [4.69, 9.17) is 5.73 Å². The minimum Gasteiger partial charge on any atom is -0.368 e. The van der Waals surface area contributed by atoms with Crippen molar-refractivity contribution in [3.63, 3.8) is 0 Å². The Kier molecular flexibility index (Phi) is 7.09. The summed E-state index contributed by atoms with van der Waals surface area (Å²) in [5.74, 6) is 0.128. The van der Waals surface area contributed by atoms with E-state index in [1.165, 1.54) is 0 Å². The third-order valence-electron chi connectivity index (χ3n) is 5.61. The van der Waals surface area contributed by atoms with E-state index >= 15 is 0 Å². The Morgan fingerprint density at radius 1 is 0.886 bits per heavy atom. The molecule has 0 unspecified atom stereocenters. The molecule has 0 saturated carbocycles. The summed E-state index contributed by atoms with van der Waals surface area (Å²) in [4.78, 5) is 21.1. The Morgan fingerprint density at radius 2 is 1.51 bits per heavy atom. The molecule has 0 aliphatic heterocycles. The molecular formula is C26H27N5O3S. The molecule has 1 heterocycles. The average Bonchev–Trinajstić information content (AvgIpc) is 2.86. The van der Waals surface area contributed by atoms with Crippen molar-refractivity contribution in [3.05, 3.63) is 84.7 Å². The largest absolute Gasteiger partial charge is 0.368 e. The molecule has 0 radical (unpaired) electrons. The van der Waals surface area contributed by atoms with Crippen molar-refractivity contribution in [1.29, 1.82) is 0 Å². The fraction of sp³-hybridized carbons (Fsp3) is 0.192. The van der Waals surface area contributed by atoms with Crippen LogP contribution in [0.2, 0.25) is 0 Å². The van der Waals surface area contributed by atoms with Crippen LogP contribution in [0.25, 0.3) is 22.0 Å². The number of nitrogens with one attached hydrogen (secondary N) is 2. The Balaban J connectivity index is 1.57. The number of benzene rings is 3. The van der Waals surface area contributed by atoms with Crippen LogP contribution in [0.1, 0.15) is 19.7 Å². The van der Waals surface area contributed by atoms with Crippen LogP contribution < -0.4 is 15.8 Å². The van der Waals surface area contributed by atoms with Crippen molar-refractivity contribution in [2.75, 3.05) is 5.32 Å².